The Morgan fingerprint density at radius 3 is 2.12 bits per heavy atom. The topological polar surface area (TPSA) is 25.2 Å². The Morgan fingerprint density at radius 2 is 1.24 bits per heavy atom. The van der Waals surface area contributed by atoms with Gasteiger partial charge in [0, 0.05) is 32.9 Å². The van der Waals surface area contributed by atoms with Crippen molar-refractivity contribution >= 4 is 54.9 Å². The fraction of sp³-hybridized carbons (Fsp3) is 0. The van der Waals surface area contributed by atoms with E-state index in [2.05, 4.69) is 127 Å². The van der Waals surface area contributed by atoms with Crippen molar-refractivity contribution in [3.05, 3.63) is 121 Å². The molecule has 0 bridgehead atoms. The van der Waals surface area contributed by atoms with Crippen LogP contribution in [-0.4, -0.2) is 0 Å². The standard InChI is InChI=1S/C32H21NO/c1-2-9-22(10-3-1)27-20-29-28-19-23(33-30-16-8-12-21-11-4-5-13-24(21)30)17-18-31(28)34-32(29)26-15-7-6-14-25(26)27/h1-20,33H. The molecule has 0 spiro atoms. The van der Waals surface area contributed by atoms with E-state index >= 15 is 0 Å². The predicted octanol–water partition coefficient (Wildman–Crippen LogP) is 9.30. The van der Waals surface area contributed by atoms with Gasteiger partial charge in [-0.15, -0.1) is 0 Å². The summed E-state index contributed by atoms with van der Waals surface area (Å²) in [5.41, 5.74) is 6.40. The minimum atomic E-state index is 0.897. The van der Waals surface area contributed by atoms with Crippen LogP contribution in [-0.2, 0) is 0 Å². The van der Waals surface area contributed by atoms with E-state index in [0.717, 1.165) is 38.7 Å². The van der Waals surface area contributed by atoms with Crippen molar-refractivity contribution in [2.24, 2.45) is 0 Å². The molecule has 0 atom stereocenters. The number of fused-ring (bicyclic) bond motifs is 6. The lowest BCUT2D eigenvalue weighted by Crippen LogP contribution is -1.91. The van der Waals surface area contributed by atoms with Gasteiger partial charge < -0.3 is 9.73 Å². The van der Waals surface area contributed by atoms with E-state index in [-0.39, 0.29) is 0 Å². The van der Waals surface area contributed by atoms with Crippen molar-refractivity contribution in [3.63, 3.8) is 0 Å². The molecule has 0 aliphatic rings. The largest absolute Gasteiger partial charge is 0.455 e. The monoisotopic (exact) mass is 435 g/mol. The fourth-order valence-corrected chi connectivity index (χ4v) is 5.02. The molecule has 0 amide bonds. The third-order valence-electron chi connectivity index (χ3n) is 6.63. The van der Waals surface area contributed by atoms with Crippen LogP contribution in [0.5, 0.6) is 0 Å². The Hall–Kier alpha value is -4.56. The van der Waals surface area contributed by atoms with E-state index in [0.29, 0.717) is 0 Å². The number of benzene rings is 6. The number of anilines is 2. The molecular weight excluding hydrogens is 414 g/mol. The molecule has 6 aromatic carbocycles. The molecule has 160 valence electrons. The van der Waals surface area contributed by atoms with Crippen LogP contribution in [0.25, 0.3) is 54.6 Å². The van der Waals surface area contributed by atoms with Crippen LogP contribution in [0.3, 0.4) is 0 Å². The Kier molecular flexibility index (Phi) is 4.18. The number of nitrogens with one attached hydrogen (secondary N) is 1. The van der Waals surface area contributed by atoms with Gasteiger partial charge in [0.1, 0.15) is 11.2 Å². The lowest BCUT2D eigenvalue weighted by molar-refractivity contribution is 0.673. The number of furan rings is 1. The molecule has 0 radical (unpaired) electrons. The fourth-order valence-electron chi connectivity index (χ4n) is 5.02. The smallest absolute Gasteiger partial charge is 0.143 e. The lowest BCUT2D eigenvalue weighted by Gasteiger charge is -2.10. The van der Waals surface area contributed by atoms with Gasteiger partial charge in [0.05, 0.1) is 0 Å². The molecule has 0 unspecified atom stereocenters. The minimum Gasteiger partial charge on any atom is -0.455 e. The Morgan fingerprint density at radius 1 is 0.500 bits per heavy atom. The minimum absolute atomic E-state index is 0.897. The third kappa shape index (κ3) is 2.96. The van der Waals surface area contributed by atoms with Crippen molar-refractivity contribution in [2.75, 3.05) is 5.32 Å². The SMILES string of the molecule is c1ccc(-c2cc3c4cc(Nc5cccc6ccccc56)ccc4oc3c3ccccc23)cc1. The first-order chi connectivity index (χ1) is 16.8. The van der Waals surface area contributed by atoms with Gasteiger partial charge in [0.2, 0.25) is 0 Å². The summed E-state index contributed by atoms with van der Waals surface area (Å²) in [4.78, 5) is 0. The second-order valence-electron chi connectivity index (χ2n) is 8.68. The van der Waals surface area contributed by atoms with Gasteiger partial charge in [0.25, 0.3) is 0 Å². The quantitative estimate of drug-likeness (QED) is 0.299. The van der Waals surface area contributed by atoms with Gasteiger partial charge in [-0.2, -0.15) is 0 Å². The summed E-state index contributed by atoms with van der Waals surface area (Å²) in [5, 5.41) is 10.7. The molecule has 0 saturated heterocycles. The molecule has 34 heavy (non-hydrogen) atoms. The zero-order valence-corrected chi connectivity index (χ0v) is 18.5. The van der Waals surface area contributed by atoms with Gasteiger partial charge >= 0.3 is 0 Å². The Bertz CT molecular complexity index is 1820. The zero-order chi connectivity index (χ0) is 22.5. The van der Waals surface area contributed by atoms with Gasteiger partial charge in [0.15, 0.2) is 0 Å². The predicted molar refractivity (Wildman–Crippen MR) is 144 cm³/mol. The summed E-state index contributed by atoms with van der Waals surface area (Å²) in [7, 11) is 0. The highest BCUT2D eigenvalue weighted by molar-refractivity contribution is 6.19. The van der Waals surface area contributed by atoms with E-state index in [4.69, 9.17) is 4.42 Å². The van der Waals surface area contributed by atoms with Crippen LogP contribution in [0.2, 0.25) is 0 Å². The van der Waals surface area contributed by atoms with Gasteiger partial charge in [-0.25, -0.2) is 0 Å². The highest BCUT2D eigenvalue weighted by atomic mass is 16.3. The van der Waals surface area contributed by atoms with Crippen LogP contribution in [0, 0.1) is 0 Å². The van der Waals surface area contributed by atoms with E-state index < -0.39 is 0 Å². The maximum atomic E-state index is 6.40. The first-order valence-electron chi connectivity index (χ1n) is 11.5. The Balaban J connectivity index is 1.45. The van der Waals surface area contributed by atoms with Crippen LogP contribution >= 0.6 is 0 Å². The van der Waals surface area contributed by atoms with Gasteiger partial charge in [-0.1, -0.05) is 91.0 Å². The molecule has 1 aromatic heterocycles. The molecule has 0 aliphatic carbocycles. The van der Waals surface area contributed by atoms with E-state index in [1.807, 2.05) is 0 Å². The second kappa shape index (κ2) is 7.50. The molecule has 2 heteroatoms. The van der Waals surface area contributed by atoms with Crippen molar-refractivity contribution in [1.82, 2.24) is 0 Å². The summed E-state index contributed by atoms with van der Waals surface area (Å²) >= 11 is 0. The first-order valence-corrected chi connectivity index (χ1v) is 11.5. The maximum absolute atomic E-state index is 6.40. The third-order valence-corrected chi connectivity index (χ3v) is 6.63. The average Bonchev–Trinajstić information content (AvgIpc) is 3.27. The molecule has 0 aliphatic heterocycles. The van der Waals surface area contributed by atoms with Crippen LogP contribution in [0.1, 0.15) is 0 Å². The Labute approximate surface area is 197 Å². The first kappa shape index (κ1) is 19.0. The number of rotatable bonds is 3. The molecule has 2 nitrogen and oxygen atoms in total. The highest BCUT2D eigenvalue weighted by Crippen LogP contribution is 2.40. The van der Waals surface area contributed by atoms with Crippen LogP contribution < -0.4 is 5.32 Å². The number of hydrogen-bond donors (Lipinski definition) is 1. The molecule has 1 heterocycles. The van der Waals surface area contributed by atoms with Crippen molar-refractivity contribution in [1.29, 1.82) is 0 Å². The zero-order valence-electron chi connectivity index (χ0n) is 18.5. The van der Waals surface area contributed by atoms with E-state index in [9.17, 15) is 0 Å². The van der Waals surface area contributed by atoms with Crippen LogP contribution in [0.15, 0.2) is 126 Å². The summed E-state index contributed by atoms with van der Waals surface area (Å²) in [6.07, 6.45) is 0. The van der Waals surface area contributed by atoms with Gasteiger partial charge in [-0.3, -0.25) is 0 Å². The van der Waals surface area contributed by atoms with Crippen LogP contribution in [0.4, 0.5) is 11.4 Å². The second-order valence-corrected chi connectivity index (χ2v) is 8.68. The molecule has 0 saturated carbocycles. The summed E-state index contributed by atoms with van der Waals surface area (Å²) in [6.45, 7) is 0. The van der Waals surface area contributed by atoms with E-state index in [1.165, 1.54) is 27.3 Å². The van der Waals surface area contributed by atoms with Crippen molar-refractivity contribution in [2.45, 2.75) is 0 Å². The molecule has 0 fully saturated rings. The normalized spacial score (nSPS) is 11.5. The molecule has 1 N–H and O–H groups in total. The molecule has 7 rings (SSSR count). The summed E-state index contributed by atoms with van der Waals surface area (Å²) in [6, 6.07) is 42.5. The summed E-state index contributed by atoms with van der Waals surface area (Å²) < 4.78 is 6.40. The maximum Gasteiger partial charge on any atom is 0.143 e. The number of hydrogen-bond acceptors (Lipinski definition) is 2. The van der Waals surface area contributed by atoms with Crippen molar-refractivity contribution < 1.29 is 4.42 Å². The molecular formula is C32H21NO. The van der Waals surface area contributed by atoms with Gasteiger partial charge in [-0.05, 0) is 52.2 Å². The average molecular weight is 436 g/mol. The van der Waals surface area contributed by atoms with Crippen molar-refractivity contribution in [3.8, 4) is 11.1 Å². The highest BCUT2D eigenvalue weighted by Gasteiger charge is 2.15. The molecule has 7 aromatic rings. The summed E-state index contributed by atoms with van der Waals surface area (Å²) in [5.74, 6) is 0. The lowest BCUT2D eigenvalue weighted by atomic mass is 9.95. The van der Waals surface area contributed by atoms with E-state index in [1.54, 1.807) is 0 Å².